The van der Waals surface area contributed by atoms with E-state index in [0.717, 1.165) is 6.54 Å². The molecule has 0 radical (unpaired) electrons. The van der Waals surface area contributed by atoms with Crippen molar-refractivity contribution in [3.63, 3.8) is 0 Å². The molecule has 0 spiro atoms. The highest BCUT2D eigenvalue weighted by Gasteiger charge is 2.29. The van der Waals surface area contributed by atoms with Crippen LogP contribution in [0.25, 0.3) is 16.6 Å². The first-order chi connectivity index (χ1) is 12.8. The second-order valence-electron chi connectivity index (χ2n) is 6.34. The molecule has 1 saturated carbocycles. The Morgan fingerprint density at radius 2 is 2.19 bits per heavy atom. The lowest BCUT2D eigenvalue weighted by molar-refractivity contribution is -0.154. The molecular weight excluding hydrogens is 363 g/mol. The van der Waals surface area contributed by atoms with Crippen LogP contribution in [0.4, 0.5) is 13.2 Å². The van der Waals surface area contributed by atoms with E-state index in [2.05, 4.69) is 31.4 Å². The number of halogens is 3. The van der Waals surface area contributed by atoms with Gasteiger partial charge in [0, 0.05) is 26.0 Å². The standard InChI is InChI=1S/C17H18F3N5O2/c1-21-12(8-25(2)7-10-3-4-10)14-13-11(5-6-22-14)15(26)24-16(23-13)27-9-17(18,19)20/h5-6,8,10H,1,3-4,7,9H2,2H3,(H,23,24,26)/b12-8-. The SMILES string of the molecule is C=N/C(=C\N(C)CC1CC1)c1nccc2c(O)nc(OCC(F)(F)F)nc12. The summed E-state index contributed by atoms with van der Waals surface area (Å²) in [5.74, 6) is 0.141. The van der Waals surface area contributed by atoms with Crippen LogP contribution in [0.2, 0.25) is 0 Å². The molecule has 3 rings (SSSR count). The number of aromatic nitrogens is 3. The van der Waals surface area contributed by atoms with Gasteiger partial charge in [0.25, 0.3) is 0 Å². The van der Waals surface area contributed by atoms with Crippen molar-refractivity contribution in [2.24, 2.45) is 10.9 Å². The third-order valence-electron chi connectivity index (χ3n) is 3.94. The zero-order valence-electron chi connectivity index (χ0n) is 14.6. The van der Waals surface area contributed by atoms with Gasteiger partial charge in [0.05, 0.1) is 5.39 Å². The first kappa shape index (κ1) is 18.9. The predicted molar refractivity (Wildman–Crippen MR) is 93.4 cm³/mol. The number of aliphatic imine (C=N–C) groups is 1. The molecule has 27 heavy (non-hydrogen) atoms. The molecule has 0 bridgehead atoms. The Balaban J connectivity index is 1.99. The van der Waals surface area contributed by atoms with Crippen LogP contribution >= 0.6 is 0 Å². The molecule has 1 fully saturated rings. The lowest BCUT2D eigenvalue weighted by Gasteiger charge is -2.15. The Hall–Kier alpha value is -2.91. The summed E-state index contributed by atoms with van der Waals surface area (Å²) in [4.78, 5) is 17.7. The lowest BCUT2D eigenvalue weighted by Crippen LogP contribution is -2.20. The molecule has 0 unspecified atom stereocenters. The van der Waals surface area contributed by atoms with Crippen LogP contribution in [-0.4, -0.2) is 58.1 Å². The average molecular weight is 381 g/mol. The molecule has 2 aromatic heterocycles. The molecule has 0 saturated heterocycles. The van der Waals surface area contributed by atoms with E-state index >= 15 is 0 Å². The van der Waals surface area contributed by atoms with Gasteiger partial charge in [-0.15, -0.1) is 0 Å². The first-order valence-electron chi connectivity index (χ1n) is 8.21. The molecule has 0 aliphatic heterocycles. The summed E-state index contributed by atoms with van der Waals surface area (Å²) in [5, 5.41) is 10.3. The summed E-state index contributed by atoms with van der Waals surface area (Å²) in [6.45, 7) is 2.82. The van der Waals surface area contributed by atoms with E-state index in [1.54, 1.807) is 6.20 Å². The predicted octanol–water partition coefficient (Wildman–Crippen LogP) is 3.01. The summed E-state index contributed by atoms with van der Waals surface area (Å²) in [7, 11) is 1.89. The fourth-order valence-corrected chi connectivity index (χ4v) is 2.56. The number of aromatic hydroxyl groups is 1. The quantitative estimate of drug-likeness (QED) is 0.743. The van der Waals surface area contributed by atoms with Crippen molar-refractivity contribution in [3.8, 4) is 11.9 Å². The van der Waals surface area contributed by atoms with Crippen LogP contribution in [0.15, 0.2) is 23.5 Å². The Morgan fingerprint density at radius 1 is 1.44 bits per heavy atom. The number of ether oxygens (including phenoxy) is 1. The summed E-state index contributed by atoms with van der Waals surface area (Å²) >= 11 is 0. The normalized spacial score (nSPS) is 15.0. The number of pyridine rings is 1. The third-order valence-corrected chi connectivity index (χ3v) is 3.94. The fraction of sp³-hybridized carbons (Fsp3) is 0.412. The Bertz CT molecular complexity index is 881. The van der Waals surface area contributed by atoms with Gasteiger partial charge >= 0.3 is 12.2 Å². The van der Waals surface area contributed by atoms with Crippen LogP contribution in [0.1, 0.15) is 18.5 Å². The van der Waals surface area contributed by atoms with Gasteiger partial charge < -0.3 is 14.7 Å². The summed E-state index contributed by atoms with van der Waals surface area (Å²) in [5.41, 5.74) is 0.768. The highest BCUT2D eigenvalue weighted by molar-refractivity contribution is 5.92. The van der Waals surface area contributed by atoms with Gasteiger partial charge in [-0.3, -0.25) is 9.98 Å². The van der Waals surface area contributed by atoms with Crippen LogP contribution in [0.3, 0.4) is 0 Å². The maximum Gasteiger partial charge on any atom is 0.422 e. The maximum atomic E-state index is 12.4. The van der Waals surface area contributed by atoms with E-state index < -0.39 is 24.7 Å². The molecule has 2 aromatic rings. The second-order valence-corrected chi connectivity index (χ2v) is 6.34. The summed E-state index contributed by atoms with van der Waals surface area (Å²) in [6, 6.07) is 0.859. The highest BCUT2D eigenvalue weighted by Crippen LogP contribution is 2.31. The van der Waals surface area contributed by atoms with Crippen molar-refractivity contribution >= 4 is 23.3 Å². The van der Waals surface area contributed by atoms with E-state index in [9.17, 15) is 18.3 Å². The molecule has 0 amide bonds. The van der Waals surface area contributed by atoms with Gasteiger partial charge in [0.1, 0.15) is 16.9 Å². The summed E-state index contributed by atoms with van der Waals surface area (Å²) in [6.07, 6.45) is 0.982. The first-order valence-corrected chi connectivity index (χ1v) is 8.21. The Morgan fingerprint density at radius 3 is 2.81 bits per heavy atom. The van der Waals surface area contributed by atoms with E-state index in [4.69, 9.17) is 0 Å². The van der Waals surface area contributed by atoms with Gasteiger partial charge in [-0.05, 0) is 31.5 Å². The summed E-state index contributed by atoms with van der Waals surface area (Å²) < 4.78 is 41.7. The zero-order chi connectivity index (χ0) is 19.6. The smallest absolute Gasteiger partial charge is 0.422 e. The maximum absolute atomic E-state index is 12.4. The van der Waals surface area contributed by atoms with Crippen LogP contribution in [0, 0.1) is 5.92 Å². The van der Waals surface area contributed by atoms with E-state index in [-0.39, 0.29) is 16.6 Å². The average Bonchev–Trinajstić information content (AvgIpc) is 3.41. The van der Waals surface area contributed by atoms with Crippen molar-refractivity contribution in [1.82, 2.24) is 19.9 Å². The van der Waals surface area contributed by atoms with Gasteiger partial charge in [0.15, 0.2) is 6.61 Å². The van der Waals surface area contributed by atoms with Crippen molar-refractivity contribution in [3.05, 3.63) is 24.2 Å². The Kier molecular flexibility index (Phi) is 5.15. The molecule has 10 heteroatoms. The minimum Gasteiger partial charge on any atom is -0.493 e. The van der Waals surface area contributed by atoms with Crippen molar-refractivity contribution in [2.75, 3.05) is 20.2 Å². The third kappa shape index (κ3) is 4.83. The van der Waals surface area contributed by atoms with Gasteiger partial charge in [-0.2, -0.15) is 23.1 Å². The van der Waals surface area contributed by atoms with E-state index in [1.807, 2.05) is 11.9 Å². The number of rotatable bonds is 7. The van der Waals surface area contributed by atoms with Gasteiger partial charge in [0.2, 0.25) is 5.88 Å². The molecule has 0 atom stereocenters. The topological polar surface area (TPSA) is 83.7 Å². The van der Waals surface area contributed by atoms with Crippen molar-refractivity contribution < 1.29 is 23.0 Å². The fourth-order valence-electron chi connectivity index (χ4n) is 2.56. The molecule has 1 N–H and O–H groups in total. The Labute approximate surface area is 153 Å². The van der Waals surface area contributed by atoms with Gasteiger partial charge in [-0.1, -0.05) is 0 Å². The largest absolute Gasteiger partial charge is 0.493 e. The molecule has 1 aliphatic carbocycles. The van der Waals surface area contributed by atoms with E-state index in [1.165, 1.54) is 25.1 Å². The zero-order valence-corrected chi connectivity index (χ0v) is 14.6. The minimum atomic E-state index is -4.55. The minimum absolute atomic E-state index is 0.126. The number of alkyl halides is 3. The molecule has 0 aromatic carbocycles. The van der Waals surface area contributed by atoms with E-state index in [0.29, 0.717) is 11.6 Å². The number of fused-ring (bicyclic) bond motifs is 1. The van der Waals surface area contributed by atoms with Crippen LogP contribution < -0.4 is 4.74 Å². The molecular formula is C17H18F3N5O2. The molecule has 1 aliphatic rings. The highest BCUT2D eigenvalue weighted by atomic mass is 19.4. The molecule has 144 valence electrons. The molecule has 2 heterocycles. The van der Waals surface area contributed by atoms with Crippen LogP contribution in [0.5, 0.6) is 11.9 Å². The number of nitrogens with zero attached hydrogens (tertiary/aromatic N) is 5. The number of hydrogen-bond acceptors (Lipinski definition) is 7. The second kappa shape index (κ2) is 7.37. The lowest BCUT2D eigenvalue weighted by atomic mass is 10.2. The van der Waals surface area contributed by atoms with Crippen molar-refractivity contribution in [1.29, 1.82) is 0 Å². The monoisotopic (exact) mass is 381 g/mol. The molecule has 7 nitrogen and oxygen atoms in total. The van der Waals surface area contributed by atoms with Gasteiger partial charge in [-0.25, -0.2) is 0 Å². The van der Waals surface area contributed by atoms with Crippen molar-refractivity contribution in [2.45, 2.75) is 19.0 Å². The number of hydrogen-bond donors (Lipinski definition) is 1. The van der Waals surface area contributed by atoms with Crippen LogP contribution in [-0.2, 0) is 0 Å².